The Morgan fingerprint density at radius 1 is 1.33 bits per heavy atom. The molecule has 0 aromatic carbocycles. The molecule has 0 aliphatic carbocycles. The van der Waals surface area contributed by atoms with Gasteiger partial charge in [-0.1, -0.05) is 12.8 Å². The third-order valence-corrected chi connectivity index (χ3v) is 2.58. The first-order valence-corrected chi connectivity index (χ1v) is 6.08. The fraction of sp³-hybridized carbons (Fsp3) is 0.583. The number of carbonyl (C=O) groups excluding carboxylic acids is 2. The van der Waals surface area contributed by atoms with Crippen LogP contribution in [0.25, 0.3) is 0 Å². The Hall–Kier alpha value is -1.85. The van der Waals surface area contributed by atoms with E-state index in [-0.39, 0.29) is 11.9 Å². The van der Waals surface area contributed by atoms with Gasteiger partial charge in [0, 0.05) is 19.2 Å². The van der Waals surface area contributed by atoms with Crippen molar-refractivity contribution >= 4 is 11.9 Å². The van der Waals surface area contributed by atoms with Gasteiger partial charge in [-0.05, 0) is 12.8 Å². The number of unbranched alkanes of at least 4 members (excludes halogenated alkanes) is 3. The summed E-state index contributed by atoms with van der Waals surface area (Å²) in [5.41, 5.74) is 0.542. The molecule has 100 valence electrons. The number of nitrogens with zero attached hydrogens (tertiary/aromatic N) is 1. The SMILES string of the molecule is COC(=O)CCCCCCNC(=O)c1cn[nH]c1. The van der Waals surface area contributed by atoms with Crippen molar-refractivity contribution in [2.75, 3.05) is 13.7 Å². The first-order valence-electron chi connectivity index (χ1n) is 6.08. The second-order valence-electron chi connectivity index (χ2n) is 3.98. The molecular formula is C12H19N3O3. The van der Waals surface area contributed by atoms with E-state index < -0.39 is 0 Å². The van der Waals surface area contributed by atoms with Crippen LogP contribution in [-0.2, 0) is 9.53 Å². The van der Waals surface area contributed by atoms with E-state index in [1.165, 1.54) is 13.3 Å². The number of hydrogen-bond donors (Lipinski definition) is 2. The van der Waals surface area contributed by atoms with Gasteiger partial charge in [0.1, 0.15) is 0 Å². The second-order valence-corrected chi connectivity index (χ2v) is 3.98. The van der Waals surface area contributed by atoms with Gasteiger partial charge >= 0.3 is 5.97 Å². The summed E-state index contributed by atoms with van der Waals surface area (Å²) < 4.78 is 4.55. The van der Waals surface area contributed by atoms with E-state index in [0.717, 1.165) is 25.7 Å². The number of aromatic nitrogens is 2. The summed E-state index contributed by atoms with van der Waals surface area (Å²) in [5.74, 6) is -0.276. The normalized spacial score (nSPS) is 10.1. The Bertz CT molecular complexity index is 363. The molecule has 1 heterocycles. The van der Waals surface area contributed by atoms with Gasteiger partial charge in [-0.3, -0.25) is 14.7 Å². The lowest BCUT2D eigenvalue weighted by Crippen LogP contribution is -2.23. The maximum absolute atomic E-state index is 11.5. The van der Waals surface area contributed by atoms with E-state index in [1.807, 2.05) is 0 Å². The highest BCUT2D eigenvalue weighted by molar-refractivity contribution is 5.93. The molecule has 1 amide bonds. The van der Waals surface area contributed by atoms with Crippen molar-refractivity contribution in [2.24, 2.45) is 0 Å². The molecular weight excluding hydrogens is 234 g/mol. The molecule has 1 rings (SSSR count). The number of aromatic amines is 1. The zero-order valence-corrected chi connectivity index (χ0v) is 10.6. The largest absolute Gasteiger partial charge is 0.469 e. The van der Waals surface area contributed by atoms with E-state index in [4.69, 9.17) is 0 Å². The minimum Gasteiger partial charge on any atom is -0.469 e. The predicted octanol–water partition coefficient (Wildman–Crippen LogP) is 1.26. The average molecular weight is 253 g/mol. The van der Waals surface area contributed by atoms with Crippen LogP contribution in [0.3, 0.4) is 0 Å². The number of carbonyl (C=O) groups is 2. The summed E-state index contributed by atoms with van der Waals surface area (Å²) >= 11 is 0. The monoisotopic (exact) mass is 253 g/mol. The second kappa shape index (κ2) is 8.27. The molecule has 0 unspecified atom stereocenters. The van der Waals surface area contributed by atoms with Gasteiger partial charge in [-0.25, -0.2) is 0 Å². The molecule has 6 nitrogen and oxygen atoms in total. The predicted molar refractivity (Wildman–Crippen MR) is 66.0 cm³/mol. The Balaban J connectivity index is 1.96. The maximum atomic E-state index is 11.5. The number of amides is 1. The van der Waals surface area contributed by atoms with Crippen molar-refractivity contribution in [1.82, 2.24) is 15.5 Å². The third-order valence-electron chi connectivity index (χ3n) is 2.58. The lowest BCUT2D eigenvalue weighted by Gasteiger charge is -2.03. The summed E-state index contributed by atoms with van der Waals surface area (Å²) in [6, 6.07) is 0. The molecule has 1 aromatic rings. The number of rotatable bonds is 8. The number of nitrogens with one attached hydrogen (secondary N) is 2. The van der Waals surface area contributed by atoms with Gasteiger partial charge in [-0.2, -0.15) is 5.10 Å². The van der Waals surface area contributed by atoms with Crippen LogP contribution in [0.2, 0.25) is 0 Å². The Labute approximate surface area is 106 Å². The minimum atomic E-state index is -0.164. The molecule has 1 aromatic heterocycles. The molecule has 18 heavy (non-hydrogen) atoms. The standard InChI is InChI=1S/C12H19N3O3/c1-18-11(16)6-4-2-3-5-7-13-12(17)10-8-14-15-9-10/h8-9H,2-7H2,1H3,(H,13,17)(H,14,15). The van der Waals surface area contributed by atoms with Crippen molar-refractivity contribution in [2.45, 2.75) is 32.1 Å². The topological polar surface area (TPSA) is 84.1 Å². The number of methoxy groups -OCH3 is 1. The smallest absolute Gasteiger partial charge is 0.305 e. The Morgan fingerprint density at radius 2 is 2.11 bits per heavy atom. The van der Waals surface area contributed by atoms with Crippen LogP contribution in [0, 0.1) is 0 Å². The van der Waals surface area contributed by atoms with E-state index in [9.17, 15) is 9.59 Å². The molecule has 0 bridgehead atoms. The van der Waals surface area contributed by atoms with Crippen LogP contribution < -0.4 is 5.32 Å². The number of H-pyrrole nitrogens is 1. The van der Waals surface area contributed by atoms with Gasteiger partial charge < -0.3 is 10.1 Å². The summed E-state index contributed by atoms with van der Waals surface area (Å²) in [4.78, 5) is 22.3. The van der Waals surface area contributed by atoms with Gasteiger partial charge in [0.25, 0.3) is 5.91 Å². The van der Waals surface area contributed by atoms with E-state index in [2.05, 4.69) is 20.3 Å². The minimum absolute atomic E-state index is 0.113. The summed E-state index contributed by atoms with van der Waals surface area (Å²) in [6.45, 7) is 0.641. The lowest BCUT2D eigenvalue weighted by molar-refractivity contribution is -0.140. The van der Waals surface area contributed by atoms with Crippen LogP contribution in [0.4, 0.5) is 0 Å². The fourth-order valence-electron chi connectivity index (χ4n) is 1.53. The van der Waals surface area contributed by atoms with E-state index in [1.54, 1.807) is 6.20 Å². The summed E-state index contributed by atoms with van der Waals surface area (Å²) in [7, 11) is 1.40. The van der Waals surface area contributed by atoms with Gasteiger partial charge in [0.15, 0.2) is 0 Å². The van der Waals surface area contributed by atoms with E-state index in [0.29, 0.717) is 18.5 Å². The number of hydrogen-bond acceptors (Lipinski definition) is 4. The molecule has 0 atom stereocenters. The molecule has 0 saturated carbocycles. The van der Waals surface area contributed by atoms with Crippen molar-refractivity contribution in [1.29, 1.82) is 0 Å². The van der Waals surface area contributed by atoms with Crippen molar-refractivity contribution in [3.8, 4) is 0 Å². The summed E-state index contributed by atoms with van der Waals surface area (Å²) in [5, 5.41) is 9.10. The van der Waals surface area contributed by atoms with Crippen molar-refractivity contribution < 1.29 is 14.3 Å². The molecule has 0 saturated heterocycles. The van der Waals surface area contributed by atoms with Crippen LogP contribution in [-0.4, -0.2) is 35.7 Å². The van der Waals surface area contributed by atoms with E-state index >= 15 is 0 Å². The lowest BCUT2D eigenvalue weighted by atomic mass is 10.1. The quantitative estimate of drug-likeness (QED) is 0.539. The molecule has 2 N–H and O–H groups in total. The first kappa shape index (κ1) is 14.2. The Morgan fingerprint density at radius 3 is 2.78 bits per heavy atom. The molecule has 0 radical (unpaired) electrons. The molecule has 6 heteroatoms. The van der Waals surface area contributed by atoms with Gasteiger partial charge in [-0.15, -0.1) is 0 Å². The zero-order valence-electron chi connectivity index (χ0n) is 10.6. The van der Waals surface area contributed by atoms with Crippen LogP contribution in [0.15, 0.2) is 12.4 Å². The summed E-state index contributed by atoms with van der Waals surface area (Å²) in [6.07, 6.45) is 7.22. The van der Waals surface area contributed by atoms with Crippen LogP contribution >= 0.6 is 0 Å². The van der Waals surface area contributed by atoms with Crippen LogP contribution in [0.1, 0.15) is 42.5 Å². The molecule has 0 aliphatic heterocycles. The number of ether oxygens (including phenoxy) is 1. The maximum Gasteiger partial charge on any atom is 0.305 e. The van der Waals surface area contributed by atoms with Crippen molar-refractivity contribution in [3.63, 3.8) is 0 Å². The Kier molecular flexibility index (Phi) is 6.53. The van der Waals surface area contributed by atoms with Crippen molar-refractivity contribution in [3.05, 3.63) is 18.0 Å². The highest BCUT2D eigenvalue weighted by Crippen LogP contribution is 2.03. The zero-order chi connectivity index (χ0) is 13.2. The molecule has 0 fully saturated rings. The number of esters is 1. The highest BCUT2D eigenvalue weighted by Gasteiger charge is 2.04. The van der Waals surface area contributed by atoms with Gasteiger partial charge in [0.2, 0.25) is 0 Å². The average Bonchev–Trinajstić information content (AvgIpc) is 2.91. The van der Waals surface area contributed by atoms with Crippen LogP contribution in [0.5, 0.6) is 0 Å². The fourth-order valence-corrected chi connectivity index (χ4v) is 1.53. The van der Waals surface area contributed by atoms with Gasteiger partial charge in [0.05, 0.1) is 18.9 Å². The first-order chi connectivity index (χ1) is 8.74. The molecule has 0 spiro atoms. The third kappa shape index (κ3) is 5.47. The highest BCUT2D eigenvalue weighted by atomic mass is 16.5. The molecule has 0 aliphatic rings.